The van der Waals surface area contributed by atoms with Gasteiger partial charge in [-0.15, -0.1) is 0 Å². The number of nitrogens with two attached hydrogens (primary N) is 1. The second kappa shape index (κ2) is 12.4. The summed E-state index contributed by atoms with van der Waals surface area (Å²) in [4.78, 5) is 41.9. The number of phosphoric acid groups is 1. The summed E-state index contributed by atoms with van der Waals surface area (Å²) in [5, 5.41) is 2.46. The van der Waals surface area contributed by atoms with Crippen LogP contribution in [0.25, 0.3) is 11.1 Å². The highest BCUT2D eigenvalue weighted by Crippen LogP contribution is 2.35. The number of methoxy groups -OCH3 is 1. The molecule has 3 aromatic carbocycles. The minimum Gasteiger partial charge on any atom is -0.492 e. The molecule has 0 unspecified atom stereocenters. The van der Waals surface area contributed by atoms with Crippen LogP contribution in [0.1, 0.15) is 15.9 Å². The van der Waals surface area contributed by atoms with E-state index in [0.29, 0.717) is 13.0 Å². The van der Waals surface area contributed by atoms with E-state index in [0.717, 1.165) is 16.7 Å². The lowest BCUT2D eigenvalue weighted by Gasteiger charge is -2.15. The molecular weight excluding hydrogens is 487 g/mol. The molecule has 11 heteroatoms. The van der Waals surface area contributed by atoms with E-state index >= 15 is 0 Å². The summed E-state index contributed by atoms with van der Waals surface area (Å²) in [5.74, 6) is -1.15. The van der Waals surface area contributed by atoms with Gasteiger partial charge in [-0.25, -0.2) is 9.36 Å². The van der Waals surface area contributed by atoms with Gasteiger partial charge < -0.3 is 30.3 Å². The van der Waals surface area contributed by atoms with Gasteiger partial charge in [-0.05, 0) is 34.9 Å². The molecule has 0 saturated heterocycles. The zero-order valence-corrected chi connectivity index (χ0v) is 20.4. The first-order valence-corrected chi connectivity index (χ1v) is 12.5. The van der Waals surface area contributed by atoms with Crippen LogP contribution in [0, 0.1) is 0 Å². The average Bonchev–Trinajstić information content (AvgIpc) is 2.88. The molecule has 0 aliphatic carbocycles. The molecule has 0 radical (unpaired) electrons. The van der Waals surface area contributed by atoms with Crippen molar-refractivity contribution in [3.63, 3.8) is 0 Å². The maximum absolute atomic E-state index is 12.3. The lowest BCUT2D eigenvalue weighted by atomic mass is 10.0. The van der Waals surface area contributed by atoms with Crippen molar-refractivity contribution in [2.75, 3.05) is 25.6 Å². The molecule has 0 saturated carbocycles. The third-order valence-electron chi connectivity index (χ3n) is 5.12. The van der Waals surface area contributed by atoms with Crippen LogP contribution in [0.15, 0.2) is 72.8 Å². The highest BCUT2D eigenvalue weighted by atomic mass is 31.2. The van der Waals surface area contributed by atoms with Crippen LogP contribution < -0.4 is 15.8 Å². The second-order valence-corrected chi connectivity index (χ2v) is 8.99. The molecule has 36 heavy (non-hydrogen) atoms. The summed E-state index contributed by atoms with van der Waals surface area (Å²) in [6.45, 7) is -0.390. The van der Waals surface area contributed by atoms with Gasteiger partial charge in [0.25, 0.3) is 0 Å². The minimum atomic E-state index is -4.76. The molecule has 0 aliphatic heterocycles. The number of amides is 1. The number of esters is 1. The van der Waals surface area contributed by atoms with Crippen molar-refractivity contribution in [2.24, 2.45) is 5.73 Å². The molecule has 0 spiro atoms. The van der Waals surface area contributed by atoms with Crippen LogP contribution in [0.5, 0.6) is 5.75 Å². The molecule has 1 amide bonds. The van der Waals surface area contributed by atoms with E-state index < -0.39 is 32.3 Å². The van der Waals surface area contributed by atoms with Crippen LogP contribution in [-0.4, -0.2) is 48.0 Å². The Kier molecular flexibility index (Phi) is 9.35. The molecule has 3 aromatic rings. The lowest BCUT2D eigenvalue weighted by molar-refractivity contribution is -0.118. The number of phosphoric ester groups is 1. The van der Waals surface area contributed by atoms with E-state index in [4.69, 9.17) is 25.0 Å². The van der Waals surface area contributed by atoms with Crippen molar-refractivity contribution < 1.29 is 37.9 Å². The fraction of sp³-hybridized carbons (Fsp3) is 0.200. The molecule has 0 fully saturated rings. The number of carbonyl (C=O) groups is 2. The molecular formula is C25H27N2O8P. The van der Waals surface area contributed by atoms with Gasteiger partial charge in [0, 0.05) is 12.1 Å². The van der Waals surface area contributed by atoms with Gasteiger partial charge >= 0.3 is 13.8 Å². The molecule has 1 atom stereocenters. The predicted octanol–water partition coefficient (Wildman–Crippen LogP) is 3.14. The SMILES string of the molecule is COC(=O)c1cc(NC(=O)[C@@H](N)COP(=O)(O)O)ccc1OCCc1ccc(-c2ccccc2)cc1. The van der Waals surface area contributed by atoms with E-state index in [1.54, 1.807) is 0 Å². The van der Waals surface area contributed by atoms with Gasteiger partial charge in [-0.1, -0.05) is 54.6 Å². The van der Waals surface area contributed by atoms with Crippen molar-refractivity contribution in [1.29, 1.82) is 0 Å². The fourth-order valence-electron chi connectivity index (χ4n) is 3.26. The normalized spacial score (nSPS) is 12.0. The van der Waals surface area contributed by atoms with E-state index in [-0.39, 0.29) is 17.0 Å². The van der Waals surface area contributed by atoms with Crippen LogP contribution in [0.2, 0.25) is 0 Å². The first kappa shape index (κ1) is 27.1. The molecule has 0 heterocycles. The quantitative estimate of drug-likeness (QED) is 0.223. The Morgan fingerprint density at radius 2 is 1.67 bits per heavy atom. The number of hydrogen-bond acceptors (Lipinski definition) is 7. The highest BCUT2D eigenvalue weighted by molar-refractivity contribution is 7.46. The largest absolute Gasteiger partial charge is 0.492 e. The molecule has 0 aromatic heterocycles. The zero-order chi connectivity index (χ0) is 26.1. The number of hydrogen-bond donors (Lipinski definition) is 4. The maximum atomic E-state index is 12.3. The molecule has 3 rings (SSSR count). The smallest absolute Gasteiger partial charge is 0.469 e. The molecule has 0 bridgehead atoms. The third kappa shape index (κ3) is 8.01. The van der Waals surface area contributed by atoms with Crippen LogP contribution in [0.4, 0.5) is 5.69 Å². The summed E-state index contributed by atoms with van der Waals surface area (Å²) in [5.41, 5.74) is 9.20. The fourth-order valence-corrected chi connectivity index (χ4v) is 3.62. The Labute approximate surface area is 208 Å². The number of rotatable bonds is 11. The predicted molar refractivity (Wildman–Crippen MR) is 133 cm³/mol. The maximum Gasteiger partial charge on any atom is 0.469 e. The Morgan fingerprint density at radius 3 is 2.31 bits per heavy atom. The summed E-state index contributed by atoms with van der Waals surface area (Å²) >= 11 is 0. The number of benzene rings is 3. The Morgan fingerprint density at radius 1 is 1.00 bits per heavy atom. The summed E-state index contributed by atoms with van der Waals surface area (Å²) in [6.07, 6.45) is 0.600. The van der Waals surface area contributed by atoms with Crippen LogP contribution in [-0.2, 0) is 25.0 Å². The first-order chi connectivity index (χ1) is 17.2. The van der Waals surface area contributed by atoms with Crippen molar-refractivity contribution in [3.05, 3.63) is 83.9 Å². The van der Waals surface area contributed by atoms with Crippen molar-refractivity contribution in [3.8, 4) is 16.9 Å². The number of anilines is 1. The first-order valence-electron chi connectivity index (χ1n) is 10.9. The standard InChI is InChI=1S/C25H27N2O8P/c1-33-25(29)21-15-20(27-24(28)22(26)16-35-36(30,31)32)11-12-23(21)34-14-13-17-7-9-19(10-8-17)18-5-3-2-4-6-18/h2-12,15,22H,13-14,16,26H2,1H3,(H,27,28)(H2,30,31,32)/t22-/m0/s1. The van der Waals surface area contributed by atoms with E-state index in [1.807, 2.05) is 54.6 Å². The zero-order valence-electron chi connectivity index (χ0n) is 19.5. The highest BCUT2D eigenvalue weighted by Gasteiger charge is 2.22. The van der Waals surface area contributed by atoms with Crippen molar-refractivity contribution in [1.82, 2.24) is 0 Å². The van der Waals surface area contributed by atoms with Gasteiger partial charge in [0.2, 0.25) is 5.91 Å². The Hall–Kier alpha value is -3.53. The van der Waals surface area contributed by atoms with Crippen molar-refractivity contribution in [2.45, 2.75) is 12.5 Å². The van der Waals surface area contributed by atoms with E-state index in [9.17, 15) is 14.2 Å². The second-order valence-electron chi connectivity index (χ2n) is 7.75. The number of ether oxygens (including phenoxy) is 2. The van der Waals surface area contributed by atoms with Gasteiger partial charge in [0.05, 0.1) is 20.3 Å². The summed E-state index contributed by atoms with van der Waals surface area (Å²) in [7, 11) is -3.54. The summed E-state index contributed by atoms with van der Waals surface area (Å²) < 4.78 is 25.7. The number of nitrogens with one attached hydrogen (secondary N) is 1. The molecule has 0 aliphatic rings. The van der Waals surface area contributed by atoms with E-state index in [1.165, 1.54) is 25.3 Å². The van der Waals surface area contributed by atoms with Gasteiger partial charge in [-0.2, -0.15) is 0 Å². The minimum absolute atomic E-state index is 0.0924. The van der Waals surface area contributed by atoms with Crippen molar-refractivity contribution >= 4 is 25.4 Å². The van der Waals surface area contributed by atoms with Crippen LogP contribution >= 0.6 is 7.82 Å². The third-order valence-corrected chi connectivity index (χ3v) is 5.61. The molecule has 190 valence electrons. The van der Waals surface area contributed by atoms with E-state index in [2.05, 4.69) is 9.84 Å². The topological polar surface area (TPSA) is 157 Å². The van der Waals surface area contributed by atoms with Gasteiger partial charge in [0.15, 0.2) is 0 Å². The lowest BCUT2D eigenvalue weighted by Crippen LogP contribution is -2.39. The Balaban J connectivity index is 1.61. The average molecular weight is 514 g/mol. The van der Waals surface area contributed by atoms with Crippen LogP contribution in [0.3, 0.4) is 0 Å². The van der Waals surface area contributed by atoms with Gasteiger partial charge in [-0.3, -0.25) is 9.32 Å². The monoisotopic (exact) mass is 514 g/mol. The Bertz CT molecular complexity index is 1230. The molecule has 5 N–H and O–H groups in total. The molecule has 10 nitrogen and oxygen atoms in total. The summed E-state index contributed by atoms with van der Waals surface area (Å²) in [6, 6.07) is 21.2. The number of carbonyl (C=O) groups excluding carboxylic acids is 2. The van der Waals surface area contributed by atoms with Gasteiger partial charge in [0.1, 0.15) is 17.4 Å².